The highest BCUT2D eigenvalue weighted by Gasteiger charge is 2.57. The van der Waals surface area contributed by atoms with Gasteiger partial charge in [-0.05, 0) is 36.8 Å². The summed E-state index contributed by atoms with van der Waals surface area (Å²) in [5, 5.41) is 5.50. The number of anilines is 1. The summed E-state index contributed by atoms with van der Waals surface area (Å²) in [5.41, 5.74) is 0.0876. The fourth-order valence-corrected chi connectivity index (χ4v) is 2.38. The molecule has 1 saturated carbocycles. The molecule has 0 spiro atoms. The molecule has 1 fully saturated rings. The van der Waals surface area contributed by atoms with Crippen LogP contribution in [0.2, 0.25) is 0 Å². The summed E-state index contributed by atoms with van der Waals surface area (Å²) < 4.78 is 4.65. The van der Waals surface area contributed by atoms with Crippen molar-refractivity contribution in [2.24, 2.45) is 5.41 Å². The van der Waals surface area contributed by atoms with Gasteiger partial charge in [-0.15, -0.1) is 11.3 Å². The molecule has 4 nitrogen and oxygen atoms in total. The number of rotatable bonds is 3. The lowest BCUT2D eigenvalue weighted by molar-refractivity contribution is -0.150. The smallest absolute Gasteiger partial charge is 0.321 e. The summed E-state index contributed by atoms with van der Waals surface area (Å²) in [6.45, 7) is 1.92. The maximum absolute atomic E-state index is 11.9. The van der Waals surface area contributed by atoms with E-state index in [1.54, 1.807) is 0 Å². The molecule has 86 valence electrons. The highest BCUT2D eigenvalue weighted by Crippen LogP contribution is 2.47. The number of carbonyl (C=O) groups is 2. The Morgan fingerprint density at radius 3 is 2.62 bits per heavy atom. The minimum atomic E-state index is -0.925. The van der Waals surface area contributed by atoms with Crippen molar-refractivity contribution in [2.75, 3.05) is 12.4 Å². The summed E-state index contributed by atoms with van der Waals surface area (Å²) in [7, 11) is 1.31. The molecule has 0 bridgehead atoms. The normalized spacial score (nSPS) is 16.6. The van der Waals surface area contributed by atoms with Gasteiger partial charge in [-0.2, -0.15) is 0 Å². The third-order valence-corrected chi connectivity index (χ3v) is 3.78. The maximum atomic E-state index is 11.9. The second-order valence-corrected chi connectivity index (χ2v) is 4.88. The fourth-order valence-electron chi connectivity index (χ4n) is 1.57. The van der Waals surface area contributed by atoms with E-state index in [9.17, 15) is 9.59 Å². The molecule has 1 aromatic heterocycles. The molecular formula is C11H13NO3S. The third-order valence-electron chi connectivity index (χ3n) is 2.85. The van der Waals surface area contributed by atoms with Gasteiger partial charge in [0.05, 0.1) is 12.1 Å². The van der Waals surface area contributed by atoms with E-state index in [-0.39, 0.29) is 5.91 Å². The number of hydrogen-bond donors (Lipinski definition) is 1. The van der Waals surface area contributed by atoms with Crippen molar-refractivity contribution in [3.8, 4) is 0 Å². The first-order valence-electron chi connectivity index (χ1n) is 5.04. The average molecular weight is 239 g/mol. The maximum Gasteiger partial charge on any atom is 0.321 e. The average Bonchev–Trinajstić information content (AvgIpc) is 3.00. The second kappa shape index (κ2) is 3.90. The quantitative estimate of drug-likeness (QED) is 0.648. The largest absolute Gasteiger partial charge is 0.468 e. The number of esters is 1. The van der Waals surface area contributed by atoms with Crippen molar-refractivity contribution in [3.63, 3.8) is 0 Å². The van der Waals surface area contributed by atoms with Crippen molar-refractivity contribution >= 4 is 28.2 Å². The van der Waals surface area contributed by atoms with Crippen LogP contribution >= 0.6 is 11.3 Å². The van der Waals surface area contributed by atoms with Gasteiger partial charge < -0.3 is 10.1 Å². The van der Waals surface area contributed by atoms with Gasteiger partial charge >= 0.3 is 5.97 Å². The Balaban J connectivity index is 2.10. The van der Waals surface area contributed by atoms with Crippen LogP contribution in [-0.4, -0.2) is 19.0 Å². The van der Waals surface area contributed by atoms with Crippen molar-refractivity contribution in [1.29, 1.82) is 0 Å². The number of ether oxygens (including phenoxy) is 1. The first-order valence-corrected chi connectivity index (χ1v) is 5.92. The van der Waals surface area contributed by atoms with Crippen LogP contribution in [0.3, 0.4) is 0 Å². The highest BCUT2D eigenvalue weighted by molar-refractivity contribution is 7.14. The van der Waals surface area contributed by atoms with Crippen molar-refractivity contribution in [2.45, 2.75) is 19.8 Å². The number of methoxy groups -OCH3 is 1. The molecule has 1 heterocycles. The fraction of sp³-hybridized carbons (Fsp3) is 0.455. The van der Waals surface area contributed by atoms with Crippen LogP contribution in [0.1, 0.15) is 18.4 Å². The predicted molar refractivity (Wildman–Crippen MR) is 61.4 cm³/mol. The Morgan fingerprint density at radius 1 is 1.50 bits per heavy atom. The molecule has 0 atom stereocenters. The first kappa shape index (κ1) is 11.1. The number of amides is 1. The van der Waals surface area contributed by atoms with Gasteiger partial charge in [-0.3, -0.25) is 9.59 Å². The monoisotopic (exact) mass is 239 g/mol. The van der Waals surface area contributed by atoms with Gasteiger partial charge in [0.2, 0.25) is 5.91 Å². The lowest BCUT2D eigenvalue weighted by Gasteiger charge is -2.12. The van der Waals surface area contributed by atoms with E-state index in [1.165, 1.54) is 18.4 Å². The molecule has 0 aromatic carbocycles. The Hall–Kier alpha value is -1.36. The Kier molecular flexibility index (Phi) is 2.71. The summed E-state index contributed by atoms with van der Waals surface area (Å²) in [6.07, 6.45) is 1.16. The van der Waals surface area contributed by atoms with E-state index >= 15 is 0 Å². The standard InChI is InChI=1S/C11H13NO3S/c1-7-3-6-16-8(7)12-9(13)11(4-5-11)10(14)15-2/h3,6H,4-5H2,1-2H3,(H,12,13). The van der Waals surface area contributed by atoms with E-state index < -0.39 is 11.4 Å². The molecule has 1 N–H and O–H groups in total. The van der Waals surface area contributed by atoms with Crippen LogP contribution < -0.4 is 5.32 Å². The van der Waals surface area contributed by atoms with Crippen LogP contribution in [0.5, 0.6) is 0 Å². The Labute approximate surface area is 97.6 Å². The van der Waals surface area contributed by atoms with E-state index in [4.69, 9.17) is 0 Å². The molecule has 1 amide bonds. The molecule has 0 aliphatic heterocycles. The number of thiophene rings is 1. The number of hydrogen-bond acceptors (Lipinski definition) is 4. The van der Waals surface area contributed by atoms with Gasteiger partial charge in [-0.25, -0.2) is 0 Å². The number of nitrogens with one attached hydrogen (secondary N) is 1. The lowest BCUT2D eigenvalue weighted by atomic mass is 10.1. The summed E-state index contributed by atoms with van der Waals surface area (Å²) in [4.78, 5) is 23.4. The zero-order valence-electron chi connectivity index (χ0n) is 9.20. The molecule has 0 saturated heterocycles. The highest BCUT2D eigenvalue weighted by atomic mass is 32.1. The molecule has 0 radical (unpaired) electrons. The summed E-state index contributed by atoms with van der Waals surface area (Å²) >= 11 is 1.46. The summed E-state index contributed by atoms with van der Waals surface area (Å²) in [6, 6.07) is 1.93. The zero-order chi connectivity index (χ0) is 11.8. The van der Waals surface area contributed by atoms with Gasteiger partial charge in [0.1, 0.15) is 5.41 Å². The van der Waals surface area contributed by atoms with Gasteiger partial charge in [0.25, 0.3) is 0 Å². The van der Waals surface area contributed by atoms with E-state index in [2.05, 4.69) is 10.1 Å². The van der Waals surface area contributed by atoms with E-state index in [1.807, 2.05) is 18.4 Å². The van der Waals surface area contributed by atoms with Crippen LogP contribution in [0.15, 0.2) is 11.4 Å². The molecule has 1 aliphatic rings. The Bertz CT molecular complexity index is 434. The predicted octanol–water partition coefficient (Wildman–Crippen LogP) is 1.95. The van der Waals surface area contributed by atoms with Crippen LogP contribution in [0.4, 0.5) is 5.00 Å². The van der Waals surface area contributed by atoms with E-state index in [0.29, 0.717) is 12.8 Å². The number of aryl methyl sites for hydroxylation is 1. The number of carbonyl (C=O) groups excluding carboxylic acids is 2. The lowest BCUT2D eigenvalue weighted by Crippen LogP contribution is -2.32. The molecular weight excluding hydrogens is 226 g/mol. The van der Waals surface area contributed by atoms with Crippen LogP contribution in [-0.2, 0) is 14.3 Å². The molecule has 5 heteroatoms. The van der Waals surface area contributed by atoms with Gasteiger partial charge in [0, 0.05) is 0 Å². The summed E-state index contributed by atoms with van der Waals surface area (Å²) in [5.74, 6) is -0.677. The van der Waals surface area contributed by atoms with E-state index in [0.717, 1.165) is 10.6 Å². The van der Waals surface area contributed by atoms with Crippen molar-refractivity contribution in [3.05, 3.63) is 17.0 Å². The molecule has 1 aromatic rings. The third kappa shape index (κ3) is 1.71. The SMILES string of the molecule is COC(=O)C1(C(=O)Nc2sccc2C)CC1. The topological polar surface area (TPSA) is 55.4 Å². The molecule has 2 rings (SSSR count). The molecule has 1 aliphatic carbocycles. The Morgan fingerprint density at radius 2 is 2.19 bits per heavy atom. The molecule has 16 heavy (non-hydrogen) atoms. The van der Waals surface area contributed by atoms with Crippen LogP contribution in [0, 0.1) is 12.3 Å². The second-order valence-electron chi connectivity index (χ2n) is 3.96. The minimum absolute atomic E-state index is 0.245. The minimum Gasteiger partial charge on any atom is -0.468 e. The van der Waals surface area contributed by atoms with Gasteiger partial charge in [-0.1, -0.05) is 0 Å². The first-order chi connectivity index (χ1) is 7.60. The molecule has 0 unspecified atom stereocenters. The zero-order valence-corrected chi connectivity index (χ0v) is 10.0. The van der Waals surface area contributed by atoms with Crippen LogP contribution in [0.25, 0.3) is 0 Å². The van der Waals surface area contributed by atoms with Crippen molar-refractivity contribution in [1.82, 2.24) is 0 Å². The van der Waals surface area contributed by atoms with Gasteiger partial charge in [0.15, 0.2) is 0 Å². The van der Waals surface area contributed by atoms with Crippen molar-refractivity contribution < 1.29 is 14.3 Å².